The SMILES string of the molecule is Cc1ccc(NC(=O)N(C)Cc2ccsc2)cc1C(=O)O. The standard InChI is InChI=1S/C15H16N2O3S/c1-10-3-4-12(7-13(10)14(18)19)16-15(20)17(2)8-11-5-6-21-9-11/h3-7,9H,8H2,1-2H3,(H,16,20)(H,18,19). The van der Waals surface area contributed by atoms with Gasteiger partial charge in [0.15, 0.2) is 0 Å². The quantitative estimate of drug-likeness (QED) is 0.909. The number of hydrogen-bond acceptors (Lipinski definition) is 3. The van der Waals surface area contributed by atoms with E-state index in [1.54, 1.807) is 42.3 Å². The Morgan fingerprint density at radius 2 is 2.10 bits per heavy atom. The Morgan fingerprint density at radius 3 is 2.71 bits per heavy atom. The van der Waals surface area contributed by atoms with Gasteiger partial charge in [0.2, 0.25) is 0 Å². The van der Waals surface area contributed by atoms with E-state index < -0.39 is 5.97 Å². The first kappa shape index (κ1) is 15.1. The summed E-state index contributed by atoms with van der Waals surface area (Å²) in [6, 6.07) is 6.52. The molecule has 0 aliphatic rings. The van der Waals surface area contributed by atoms with Crippen LogP contribution in [0.4, 0.5) is 10.5 Å². The summed E-state index contributed by atoms with van der Waals surface area (Å²) in [6.07, 6.45) is 0. The summed E-state index contributed by atoms with van der Waals surface area (Å²) >= 11 is 1.58. The third-order valence-corrected chi connectivity index (χ3v) is 3.80. The van der Waals surface area contributed by atoms with Crippen LogP contribution in [0.2, 0.25) is 0 Å². The molecule has 2 rings (SSSR count). The van der Waals surface area contributed by atoms with Crippen LogP contribution in [0.25, 0.3) is 0 Å². The van der Waals surface area contributed by atoms with Gasteiger partial charge in [-0.3, -0.25) is 0 Å². The van der Waals surface area contributed by atoms with Crippen LogP contribution >= 0.6 is 11.3 Å². The highest BCUT2D eigenvalue weighted by Crippen LogP contribution is 2.16. The molecular weight excluding hydrogens is 288 g/mol. The molecule has 110 valence electrons. The molecule has 0 unspecified atom stereocenters. The van der Waals surface area contributed by atoms with E-state index in [0.717, 1.165) is 5.56 Å². The van der Waals surface area contributed by atoms with Crippen LogP contribution in [0.15, 0.2) is 35.0 Å². The van der Waals surface area contributed by atoms with E-state index in [9.17, 15) is 9.59 Å². The average Bonchev–Trinajstić information content (AvgIpc) is 2.93. The first-order chi connectivity index (χ1) is 9.97. The second kappa shape index (κ2) is 6.41. The predicted molar refractivity (Wildman–Crippen MR) is 82.9 cm³/mol. The summed E-state index contributed by atoms with van der Waals surface area (Å²) in [5.74, 6) is -1.00. The molecule has 2 N–H and O–H groups in total. The van der Waals surface area contributed by atoms with Crippen molar-refractivity contribution in [3.8, 4) is 0 Å². The number of benzene rings is 1. The third-order valence-electron chi connectivity index (χ3n) is 3.07. The van der Waals surface area contributed by atoms with Crippen molar-refractivity contribution >= 4 is 29.0 Å². The zero-order valence-electron chi connectivity index (χ0n) is 11.8. The van der Waals surface area contributed by atoms with Crippen molar-refractivity contribution < 1.29 is 14.7 Å². The zero-order valence-corrected chi connectivity index (χ0v) is 12.6. The molecule has 0 bridgehead atoms. The highest BCUT2D eigenvalue weighted by Gasteiger charge is 2.12. The van der Waals surface area contributed by atoms with Crippen LogP contribution in [-0.2, 0) is 6.54 Å². The first-order valence-corrected chi connectivity index (χ1v) is 7.29. The largest absolute Gasteiger partial charge is 0.478 e. The maximum Gasteiger partial charge on any atom is 0.336 e. The Labute approximate surface area is 126 Å². The number of amides is 2. The Bertz CT molecular complexity index is 653. The number of aryl methyl sites for hydroxylation is 1. The molecular formula is C15H16N2O3S. The molecule has 0 saturated heterocycles. The van der Waals surface area contributed by atoms with Gasteiger partial charge in [-0.05, 0) is 47.0 Å². The maximum absolute atomic E-state index is 12.1. The molecule has 1 aromatic carbocycles. The summed E-state index contributed by atoms with van der Waals surface area (Å²) in [6.45, 7) is 2.23. The second-order valence-corrected chi connectivity index (χ2v) is 5.53. The summed E-state index contributed by atoms with van der Waals surface area (Å²) in [5, 5.41) is 15.7. The van der Waals surface area contributed by atoms with Crippen molar-refractivity contribution in [3.05, 3.63) is 51.7 Å². The molecule has 0 spiro atoms. The summed E-state index contributed by atoms with van der Waals surface area (Å²) in [7, 11) is 1.69. The lowest BCUT2D eigenvalue weighted by Gasteiger charge is -2.17. The fraction of sp³-hybridized carbons (Fsp3) is 0.200. The van der Waals surface area contributed by atoms with Crippen LogP contribution in [-0.4, -0.2) is 29.1 Å². The van der Waals surface area contributed by atoms with Gasteiger partial charge in [-0.25, -0.2) is 9.59 Å². The number of carboxylic acids is 1. The Balaban J connectivity index is 2.05. The summed E-state index contributed by atoms with van der Waals surface area (Å²) in [4.78, 5) is 24.7. The van der Waals surface area contributed by atoms with Crippen molar-refractivity contribution in [2.75, 3.05) is 12.4 Å². The minimum Gasteiger partial charge on any atom is -0.478 e. The van der Waals surface area contributed by atoms with Gasteiger partial charge in [0.25, 0.3) is 0 Å². The molecule has 2 aromatic rings. The van der Waals surface area contributed by atoms with Crippen LogP contribution < -0.4 is 5.32 Å². The first-order valence-electron chi connectivity index (χ1n) is 6.34. The highest BCUT2D eigenvalue weighted by atomic mass is 32.1. The van der Waals surface area contributed by atoms with Gasteiger partial charge >= 0.3 is 12.0 Å². The number of rotatable bonds is 4. The number of carbonyl (C=O) groups excluding carboxylic acids is 1. The molecule has 0 fully saturated rings. The highest BCUT2D eigenvalue weighted by molar-refractivity contribution is 7.07. The molecule has 5 nitrogen and oxygen atoms in total. The third kappa shape index (κ3) is 3.82. The predicted octanol–water partition coefficient (Wildman–Crippen LogP) is 3.42. The number of hydrogen-bond donors (Lipinski definition) is 2. The molecule has 0 radical (unpaired) electrons. The number of anilines is 1. The Kier molecular flexibility index (Phi) is 4.59. The lowest BCUT2D eigenvalue weighted by molar-refractivity contribution is 0.0696. The van der Waals surface area contributed by atoms with Gasteiger partial charge < -0.3 is 15.3 Å². The Hall–Kier alpha value is -2.34. The minimum atomic E-state index is -1.00. The van der Waals surface area contributed by atoms with Gasteiger partial charge in [0.1, 0.15) is 0 Å². The smallest absolute Gasteiger partial charge is 0.336 e. The van der Waals surface area contributed by atoms with Crippen LogP contribution in [0.3, 0.4) is 0 Å². The van der Waals surface area contributed by atoms with Gasteiger partial charge in [-0.2, -0.15) is 11.3 Å². The van der Waals surface area contributed by atoms with Crippen molar-refractivity contribution in [2.24, 2.45) is 0 Å². The van der Waals surface area contributed by atoms with E-state index in [-0.39, 0.29) is 11.6 Å². The summed E-state index contributed by atoms with van der Waals surface area (Å²) in [5.41, 5.74) is 2.38. The van der Waals surface area contributed by atoms with E-state index in [1.807, 2.05) is 16.8 Å². The lowest BCUT2D eigenvalue weighted by Crippen LogP contribution is -2.30. The van der Waals surface area contributed by atoms with Crippen molar-refractivity contribution in [3.63, 3.8) is 0 Å². The van der Waals surface area contributed by atoms with Crippen molar-refractivity contribution in [1.29, 1.82) is 0 Å². The van der Waals surface area contributed by atoms with E-state index in [4.69, 9.17) is 5.11 Å². The van der Waals surface area contributed by atoms with Crippen LogP contribution in [0, 0.1) is 6.92 Å². The lowest BCUT2D eigenvalue weighted by atomic mass is 10.1. The molecule has 1 aromatic heterocycles. The fourth-order valence-electron chi connectivity index (χ4n) is 1.88. The molecule has 0 aliphatic carbocycles. The minimum absolute atomic E-state index is 0.188. The van der Waals surface area contributed by atoms with E-state index in [2.05, 4.69) is 5.32 Å². The normalized spacial score (nSPS) is 10.2. The zero-order chi connectivity index (χ0) is 15.4. The van der Waals surface area contributed by atoms with Gasteiger partial charge in [-0.1, -0.05) is 6.07 Å². The van der Waals surface area contributed by atoms with Gasteiger partial charge in [0, 0.05) is 19.3 Å². The number of carboxylic acid groups (broad SMARTS) is 1. The summed E-state index contributed by atoms with van der Waals surface area (Å²) < 4.78 is 0. The number of carbonyl (C=O) groups is 2. The molecule has 0 atom stereocenters. The van der Waals surface area contributed by atoms with E-state index in [0.29, 0.717) is 17.8 Å². The van der Waals surface area contributed by atoms with Gasteiger partial charge in [0.05, 0.1) is 5.56 Å². The molecule has 2 amide bonds. The topological polar surface area (TPSA) is 69.6 Å². The molecule has 21 heavy (non-hydrogen) atoms. The second-order valence-electron chi connectivity index (χ2n) is 4.75. The van der Waals surface area contributed by atoms with Crippen molar-refractivity contribution in [1.82, 2.24) is 4.90 Å². The number of nitrogens with zero attached hydrogens (tertiary/aromatic N) is 1. The molecule has 0 saturated carbocycles. The van der Waals surface area contributed by atoms with E-state index in [1.165, 1.54) is 6.07 Å². The van der Waals surface area contributed by atoms with Gasteiger partial charge in [-0.15, -0.1) is 0 Å². The number of urea groups is 1. The number of thiophene rings is 1. The van der Waals surface area contributed by atoms with Crippen molar-refractivity contribution in [2.45, 2.75) is 13.5 Å². The van der Waals surface area contributed by atoms with Crippen LogP contribution in [0.5, 0.6) is 0 Å². The monoisotopic (exact) mass is 304 g/mol. The average molecular weight is 304 g/mol. The maximum atomic E-state index is 12.1. The Morgan fingerprint density at radius 1 is 1.33 bits per heavy atom. The van der Waals surface area contributed by atoms with E-state index >= 15 is 0 Å². The molecule has 6 heteroatoms. The fourth-order valence-corrected chi connectivity index (χ4v) is 2.54. The number of aromatic carboxylic acids is 1. The van der Waals surface area contributed by atoms with Crippen LogP contribution in [0.1, 0.15) is 21.5 Å². The molecule has 1 heterocycles. The molecule has 0 aliphatic heterocycles. The number of nitrogens with one attached hydrogen (secondary N) is 1.